The maximum atomic E-state index is 13.0. The van der Waals surface area contributed by atoms with Gasteiger partial charge in [0.05, 0.1) is 0 Å². The SMILES string of the molecule is O=Cc1cc(F)ccc1Sc1nc2ccccc2o1. The molecule has 3 rings (SSSR count). The summed E-state index contributed by atoms with van der Waals surface area (Å²) in [6, 6.07) is 11.4. The first-order valence-electron chi connectivity index (χ1n) is 5.54. The topological polar surface area (TPSA) is 43.1 Å². The van der Waals surface area contributed by atoms with E-state index in [4.69, 9.17) is 4.42 Å². The van der Waals surface area contributed by atoms with E-state index in [-0.39, 0.29) is 5.56 Å². The van der Waals surface area contributed by atoms with Crippen LogP contribution in [0, 0.1) is 5.82 Å². The van der Waals surface area contributed by atoms with Crippen LogP contribution >= 0.6 is 11.8 Å². The molecule has 1 heterocycles. The molecule has 1 aromatic heterocycles. The molecule has 94 valence electrons. The van der Waals surface area contributed by atoms with Crippen LogP contribution in [-0.4, -0.2) is 11.3 Å². The molecular formula is C14H8FNO2S. The van der Waals surface area contributed by atoms with Crippen molar-refractivity contribution in [1.29, 1.82) is 0 Å². The number of hydrogen-bond donors (Lipinski definition) is 0. The summed E-state index contributed by atoms with van der Waals surface area (Å²) in [5, 5.41) is 0.427. The average molecular weight is 273 g/mol. The van der Waals surface area contributed by atoms with Crippen molar-refractivity contribution in [2.75, 3.05) is 0 Å². The van der Waals surface area contributed by atoms with Gasteiger partial charge in [0, 0.05) is 10.5 Å². The van der Waals surface area contributed by atoms with Gasteiger partial charge in [-0.25, -0.2) is 9.37 Å². The summed E-state index contributed by atoms with van der Waals surface area (Å²) in [4.78, 5) is 15.8. The first kappa shape index (κ1) is 11.9. The van der Waals surface area contributed by atoms with Crippen molar-refractivity contribution >= 4 is 29.1 Å². The third kappa shape index (κ3) is 2.37. The predicted molar refractivity (Wildman–Crippen MR) is 69.9 cm³/mol. The first-order valence-corrected chi connectivity index (χ1v) is 6.36. The Balaban J connectivity index is 1.98. The summed E-state index contributed by atoms with van der Waals surface area (Å²) >= 11 is 1.20. The molecule has 0 amide bonds. The van der Waals surface area contributed by atoms with E-state index in [0.717, 1.165) is 5.52 Å². The van der Waals surface area contributed by atoms with Gasteiger partial charge in [-0.05, 0) is 42.1 Å². The number of para-hydroxylation sites is 2. The van der Waals surface area contributed by atoms with Gasteiger partial charge in [-0.15, -0.1) is 0 Å². The number of carbonyl (C=O) groups excluding carboxylic acids is 1. The minimum atomic E-state index is -0.441. The molecule has 0 fully saturated rings. The molecule has 0 saturated carbocycles. The summed E-state index contributed by atoms with van der Waals surface area (Å²) in [7, 11) is 0. The van der Waals surface area contributed by atoms with E-state index >= 15 is 0 Å². The van der Waals surface area contributed by atoms with Crippen LogP contribution in [0.1, 0.15) is 10.4 Å². The van der Waals surface area contributed by atoms with Crippen LogP contribution in [0.3, 0.4) is 0 Å². The lowest BCUT2D eigenvalue weighted by Gasteiger charge is -2.00. The average Bonchev–Trinajstić information content (AvgIpc) is 2.83. The maximum Gasteiger partial charge on any atom is 0.261 e. The van der Waals surface area contributed by atoms with E-state index in [9.17, 15) is 9.18 Å². The highest BCUT2D eigenvalue weighted by Gasteiger charge is 2.10. The number of aromatic nitrogens is 1. The summed E-state index contributed by atoms with van der Waals surface area (Å²) in [6.07, 6.45) is 0.619. The van der Waals surface area contributed by atoms with Gasteiger partial charge in [-0.2, -0.15) is 0 Å². The zero-order valence-corrected chi connectivity index (χ0v) is 10.5. The van der Waals surface area contributed by atoms with Gasteiger partial charge in [0.2, 0.25) is 0 Å². The van der Waals surface area contributed by atoms with Gasteiger partial charge in [-0.1, -0.05) is 12.1 Å². The number of halogens is 1. The maximum absolute atomic E-state index is 13.0. The van der Waals surface area contributed by atoms with Gasteiger partial charge in [0.1, 0.15) is 11.3 Å². The fraction of sp³-hybridized carbons (Fsp3) is 0. The number of nitrogens with zero attached hydrogens (tertiary/aromatic N) is 1. The smallest absolute Gasteiger partial charge is 0.261 e. The number of aldehydes is 1. The normalized spacial score (nSPS) is 10.8. The molecule has 3 aromatic rings. The van der Waals surface area contributed by atoms with Crippen LogP contribution in [0.2, 0.25) is 0 Å². The number of rotatable bonds is 3. The molecule has 0 aliphatic heterocycles. The molecule has 0 N–H and O–H groups in total. The third-order valence-electron chi connectivity index (χ3n) is 2.57. The highest BCUT2D eigenvalue weighted by molar-refractivity contribution is 7.99. The van der Waals surface area contributed by atoms with Crippen LogP contribution in [0.4, 0.5) is 4.39 Å². The highest BCUT2D eigenvalue weighted by atomic mass is 32.2. The van der Waals surface area contributed by atoms with Gasteiger partial charge in [0.25, 0.3) is 5.22 Å². The molecule has 0 radical (unpaired) electrons. The van der Waals surface area contributed by atoms with Gasteiger partial charge < -0.3 is 4.42 Å². The Morgan fingerprint density at radius 1 is 1.21 bits per heavy atom. The van der Waals surface area contributed by atoms with Gasteiger partial charge >= 0.3 is 0 Å². The molecule has 0 spiro atoms. The van der Waals surface area contributed by atoms with Crippen molar-refractivity contribution in [3.05, 3.63) is 53.8 Å². The number of hydrogen-bond acceptors (Lipinski definition) is 4. The molecule has 5 heteroatoms. The number of fused-ring (bicyclic) bond motifs is 1. The number of oxazole rings is 1. The molecule has 2 aromatic carbocycles. The Bertz CT molecular complexity index is 721. The Morgan fingerprint density at radius 3 is 2.84 bits per heavy atom. The molecule has 0 bridgehead atoms. The summed E-state index contributed by atoms with van der Waals surface area (Å²) in [6.45, 7) is 0. The lowest BCUT2D eigenvalue weighted by atomic mass is 10.2. The second-order valence-electron chi connectivity index (χ2n) is 3.85. The first-order chi connectivity index (χ1) is 9.26. The summed E-state index contributed by atoms with van der Waals surface area (Å²) in [5.41, 5.74) is 1.71. The number of benzene rings is 2. The van der Waals surface area contributed by atoms with Crippen molar-refractivity contribution in [2.24, 2.45) is 0 Å². The highest BCUT2D eigenvalue weighted by Crippen LogP contribution is 2.31. The molecule has 0 aliphatic carbocycles. The largest absolute Gasteiger partial charge is 0.431 e. The zero-order chi connectivity index (χ0) is 13.2. The van der Waals surface area contributed by atoms with E-state index in [0.29, 0.717) is 22.0 Å². The van der Waals surface area contributed by atoms with Crippen molar-refractivity contribution in [2.45, 2.75) is 10.1 Å². The zero-order valence-electron chi connectivity index (χ0n) is 9.67. The Hall–Kier alpha value is -2.14. The third-order valence-corrected chi connectivity index (χ3v) is 3.51. The quantitative estimate of drug-likeness (QED) is 0.678. The minimum absolute atomic E-state index is 0.284. The second kappa shape index (κ2) is 4.85. The van der Waals surface area contributed by atoms with Crippen LogP contribution in [0.5, 0.6) is 0 Å². The van der Waals surface area contributed by atoms with E-state index in [2.05, 4.69) is 4.98 Å². The Kier molecular flexibility index (Phi) is 3.05. The van der Waals surface area contributed by atoms with Crippen molar-refractivity contribution in [3.63, 3.8) is 0 Å². The van der Waals surface area contributed by atoms with Crippen molar-refractivity contribution in [1.82, 2.24) is 4.98 Å². The Morgan fingerprint density at radius 2 is 2.05 bits per heavy atom. The monoisotopic (exact) mass is 273 g/mol. The van der Waals surface area contributed by atoms with Crippen molar-refractivity contribution in [3.8, 4) is 0 Å². The molecule has 0 atom stereocenters. The van der Waals surface area contributed by atoms with E-state index in [1.54, 1.807) is 6.07 Å². The molecule has 0 unspecified atom stereocenters. The fourth-order valence-electron chi connectivity index (χ4n) is 1.69. The second-order valence-corrected chi connectivity index (χ2v) is 4.84. The molecule has 19 heavy (non-hydrogen) atoms. The summed E-state index contributed by atoms with van der Waals surface area (Å²) in [5.74, 6) is -0.441. The summed E-state index contributed by atoms with van der Waals surface area (Å²) < 4.78 is 18.6. The lowest BCUT2D eigenvalue weighted by molar-refractivity contribution is 0.112. The van der Waals surface area contributed by atoms with Crippen LogP contribution < -0.4 is 0 Å². The van der Waals surface area contributed by atoms with Gasteiger partial charge in [0.15, 0.2) is 11.9 Å². The van der Waals surface area contributed by atoms with Crippen LogP contribution in [0.15, 0.2) is 57.0 Å². The van der Waals surface area contributed by atoms with Crippen LogP contribution in [-0.2, 0) is 0 Å². The lowest BCUT2D eigenvalue weighted by Crippen LogP contribution is -1.87. The van der Waals surface area contributed by atoms with E-state index in [1.807, 2.05) is 24.3 Å². The molecule has 0 aliphatic rings. The molecule has 0 saturated heterocycles. The predicted octanol–water partition coefficient (Wildman–Crippen LogP) is 3.93. The van der Waals surface area contributed by atoms with E-state index in [1.165, 1.54) is 23.9 Å². The number of carbonyl (C=O) groups is 1. The Labute approximate surface area is 112 Å². The fourth-order valence-corrected chi connectivity index (χ4v) is 2.52. The molecule has 3 nitrogen and oxygen atoms in total. The van der Waals surface area contributed by atoms with Crippen LogP contribution in [0.25, 0.3) is 11.1 Å². The van der Waals surface area contributed by atoms with Gasteiger partial charge in [-0.3, -0.25) is 4.79 Å². The standard InChI is InChI=1S/C14H8FNO2S/c15-10-5-6-13(9(7-10)8-17)19-14-16-11-3-1-2-4-12(11)18-14/h1-8H. The molecular weight excluding hydrogens is 265 g/mol. The minimum Gasteiger partial charge on any atom is -0.431 e. The van der Waals surface area contributed by atoms with E-state index < -0.39 is 5.82 Å². The van der Waals surface area contributed by atoms with Crippen molar-refractivity contribution < 1.29 is 13.6 Å².